The van der Waals surface area contributed by atoms with Crippen molar-refractivity contribution in [2.45, 2.75) is 348 Å². The number of aliphatic hydroxyl groups is 1. The van der Waals surface area contributed by atoms with Crippen LogP contribution in [0.3, 0.4) is 0 Å². The third-order valence-electron chi connectivity index (χ3n) is 14.9. The number of hydrogen-bond donors (Lipinski definition) is 3. The van der Waals surface area contributed by atoms with E-state index in [1.807, 2.05) is 0 Å². The molecule has 0 amide bonds. The molecule has 0 aromatic carbocycles. The molecule has 0 radical (unpaired) electrons. The molecule has 0 aliphatic heterocycles. The molecule has 0 rings (SSSR count). The van der Waals surface area contributed by atoms with Gasteiger partial charge < -0.3 is 33.8 Å². The fourth-order valence-corrected chi connectivity index (χ4v) is 11.2. The Morgan fingerprint density at radius 3 is 0.711 bits per heavy atom. The van der Waals surface area contributed by atoms with Crippen LogP contribution in [0.2, 0.25) is 0 Å². The van der Waals surface area contributed by atoms with Crippen molar-refractivity contribution in [2.24, 2.45) is 0 Å². The van der Waals surface area contributed by atoms with Crippen LogP contribution in [0.1, 0.15) is 329 Å². The van der Waals surface area contributed by atoms with Crippen LogP contribution in [-0.2, 0) is 65.4 Å². The topological polar surface area (TPSA) is 237 Å². The fraction of sp³-hybridized carbons (Fsp3) is 0.938. The van der Waals surface area contributed by atoms with Crippen LogP contribution >= 0.6 is 15.6 Å². The molecule has 0 aliphatic rings. The number of phosphoric ester groups is 2. The predicted octanol–water partition coefficient (Wildman–Crippen LogP) is 17.9. The third kappa shape index (κ3) is 58.8. The average Bonchev–Trinajstić information content (AvgIpc) is 3.50. The molecule has 3 N–H and O–H groups in total. The number of esters is 4. The zero-order valence-electron chi connectivity index (χ0n) is 53.2. The lowest BCUT2D eigenvalue weighted by molar-refractivity contribution is -0.161. The van der Waals surface area contributed by atoms with Crippen molar-refractivity contribution >= 4 is 39.5 Å². The van der Waals surface area contributed by atoms with Gasteiger partial charge in [-0.15, -0.1) is 0 Å². The largest absolute Gasteiger partial charge is 0.472 e. The monoisotopic (exact) mass is 1230 g/mol. The molecule has 0 aliphatic carbocycles. The normalized spacial score (nSPS) is 14.2. The molecule has 0 aromatic rings. The number of rotatable bonds is 65. The van der Waals surface area contributed by atoms with Crippen molar-refractivity contribution in [1.29, 1.82) is 0 Å². The Balaban J connectivity index is 5.21. The highest BCUT2D eigenvalue weighted by Gasteiger charge is 2.30. The lowest BCUT2D eigenvalue weighted by Crippen LogP contribution is -2.30. The third-order valence-corrected chi connectivity index (χ3v) is 16.8. The molecular weight excluding hydrogens is 1100 g/mol. The highest BCUT2D eigenvalue weighted by atomic mass is 31.2. The van der Waals surface area contributed by atoms with Gasteiger partial charge in [0.05, 0.1) is 26.4 Å². The first-order valence-corrected chi connectivity index (χ1v) is 36.8. The van der Waals surface area contributed by atoms with E-state index in [4.69, 9.17) is 37.0 Å². The van der Waals surface area contributed by atoms with Crippen molar-refractivity contribution in [3.63, 3.8) is 0 Å². The van der Waals surface area contributed by atoms with Crippen molar-refractivity contribution in [1.82, 2.24) is 0 Å². The second-order valence-electron chi connectivity index (χ2n) is 23.2. The summed E-state index contributed by atoms with van der Waals surface area (Å²) >= 11 is 0. The molecule has 5 atom stereocenters. The molecule has 0 bridgehead atoms. The molecule has 17 nitrogen and oxygen atoms in total. The van der Waals surface area contributed by atoms with E-state index in [0.717, 1.165) is 103 Å². The van der Waals surface area contributed by atoms with Crippen molar-refractivity contribution in [3.8, 4) is 0 Å². The maximum Gasteiger partial charge on any atom is 0.472 e. The molecule has 0 fully saturated rings. The summed E-state index contributed by atoms with van der Waals surface area (Å²) in [6.07, 6.45) is 44.4. The average molecular weight is 1230 g/mol. The lowest BCUT2D eigenvalue weighted by atomic mass is 10.0. The van der Waals surface area contributed by atoms with Crippen LogP contribution in [0.5, 0.6) is 0 Å². The minimum absolute atomic E-state index is 0.107. The van der Waals surface area contributed by atoms with Gasteiger partial charge in [0.15, 0.2) is 12.2 Å². The van der Waals surface area contributed by atoms with Gasteiger partial charge in [0.1, 0.15) is 19.3 Å². The summed E-state index contributed by atoms with van der Waals surface area (Å²) in [6, 6.07) is 0. The fourth-order valence-electron chi connectivity index (χ4n) is 9.63. The smallest absolute Gasteiger partial charge is 0.462 e. The number of carbonyl (C=O) groups is 4. The van der Waals surface area contributed by atoms with Gasteiger partial charge in [-0.2, -0.15) is 0 Å². The minimum atomic E-state index is -4.94. The number of unbranched alkanes of at least 4 members (excludes halogenated alkanes) is 39. The maximum atomic E-state index is 13.0. The molecule has 2 unspecified atom stereocenters. The predicted molar refractivity (Wildman–Crippen MR) is 331 cm³/mol. The molecule has 0 heterocycles. The number of carbonyl (C=O) groups excluding carboxylic acids is 4. The first-order chi connectivity index (χ1) is 40.2. The van der Waals surface area contributed by atoms with Gasteiger partial charge in [-0.3, -0.25) is 37.3 Å². The molecule has 19 heteroatoms. The number of aliphatic hydroxyl groups excluding tert-OH is 1. The second kappa shape index (κ2) is 59.0. The van der Waals surface area contributed by atoms with Gasteiger partial charge in [0.25, 0.3) is 0 Å². The van der Waals surface area contributed by atoms with E-state index >= 15 is 0 Å². The number of ether oxygens (including phenoxy) is 4. The summed E-state index contributed by atoms with van der Waals surface area (Å²) in [4.78, 5) is 72.1. The van der Waals surface area contributed by atoms with Crippen LogP contribution in [0, 0.1) is 0 Å². The summed E-state index contributed by atoms with van der Waals surface area (Å²) in [5.74, 6) is -2.13. The first-order valence-electron chi connectivity index (χ1n) is 33.8. The van der Waals surface area contributed by atoms with Crippen LogP contribution in [0.15, 0.2) is 0 Å². The van der Waals surface area contributed by atoms with Gasteiger partial charge in [0, 0.05) is 25.7 Å². The van der Waals surface area contributed by atoms with Crippen LogP contribution < -0.4 is 0 Å². The summed E-state index contributed by atoms with van der Waals surface area (Å²) in [6.45, 7) is 4.86. The van der Waals surface area contributed by atoms with E-state index in [1.54, 1.807) is 0 Å². The van der Waals surface area contributed by atoms with Gasteiger partial charge in [-0.05, 0) is 25.7 Å². The van der Waals surface area contributed by atoms with Crippen LogP contribution in [0.4, 0.5) is 0 Å². The Morgan fingerprint density at radius 1 is 0.289 bits per heavy atom. The summed E-state index contributed by atoms with van der Waals surface area (Å²) in [5, 5.41) is 10.5. The summed E-state index contributed by atoms with van der Waals surface area (Å²) in [7, 11) is -9.88. The Kier molecular flexibility index (Phi) is 57.7. The Morgan fingerprint density at radius 2 is 0.482 bits per heavy atom. The molecule has 0 aromatic heterocycles. The Hall–Kier alpha value is -1.94. The van der Waals surface area contributed by atoms with E-state index in [0.29, 0.717) is 25.7 Å². The zero-order valence-corrected chi connectivity index (χ0v) is 54.9. The van der Waals surface area contributed by atoms with Gasteiger partial charge in [0.2, 0.25) is 0 Å². The first kappa shape index (κ1) is 81.1. The minimum Gasteiger partial charge on any atom is -0.462 e. The molecular formula is C64H124O17P2. The molecule has 0 saturated heterocycles. The van der Waals surface area contributed by atoms with Crippen molar-refractivity contribution in [2.75, 3.05) is 39.6 Å². The van der Waals surface area contributed by atoms with E-state index in [1.165, 1.54) is 148 Å². The van der Waals surface area contributed by atoms with E-state index in [-0.39, 0.29) is 25.7 Å². The highest BCUT2D eigenvalue weighted by molar-refractivity contribution is 7.47. The summed E-state index contributed by atoms with van der Waals surface area (Å²) in [5.41, 5.74) is 0. The van der Waals surface area contributed by atoms with Crippen molar-refractivity contribution < 1.29 is 80.2 Å². The van der Waals surface area contributed by atoms with Gasteiger partial charge in [-0.25, -0.2) is 9.13 Å². The van der Waals surface area contributed by atoms with Crippen LogP contribution in [0.25, 0.3) is 0 Å². The quantitative estimate of drug-likeness (QED) is 0.0222. The Labute approximate surface area is 505 Å². The molecule has 0 saturated carbocycles. The SMILES string of the molecule is CCCCCCCCCCCCCCCCC(=O)O[C@H](COC(=O)CCCCCCCCCCCCC)COP(=O)(O)OC[C@@H](O)COP(=O)(O)OC[C@@H](COC(=O)CCCCCCCCC)OC(=O)CCCCCCCCCCCCC. The Bertz CT molecular complexity index is 1600. The standard InChI is InChI=1S/C64H124O17P2/c1-5-9-13-17-21-24-27-28-29-32-35-39-43-47-51-64(69)81-60(55-75-62(67)49-45-41-37-33-30-25-22-18-14-10-6-2)57-79-83(72,73)77-53-58(65)52-76-82(70,71)78-56-59(54-74-61(66)48-44-40-36-20-16-12-8-4)80-63(68)50-46-42-38-34-31-26-23-19-15-11-7-3/h58-60,65H,5-57H2,1-4H3,(H,70,71)(H,72,73)/t58-,59+,60+/m0/s1. The molecule has 83 heavy (non-hydrogen) atoms. The van der Waals surface area contributed by atoms with Crippen molar-refractivity contribution in [3.05, 3.63) is 0 Å². The second-order valence-corrected chi connectivity index (χ2v) is 26.1. The van der Waals surface area contributed by atoms with E-state index in [2.05, 4.69) is 27.7 Å². The summed E-state index contributed by atoms with van der Waals surface area (Å²) < 4.78 is 67.9. The van der Waals surface area contributed by atoms with Gasteiger partial charge >= 0.3 is 39.5 Å². The molecule has 0 spiro atoms. The molecule has 492 valence electrons. The maximum absolute atomic E-state index is 13.0. The lowest BCUT2D eigenvalue weighted by Gasteiger charge is -2.21. The van der Waals surface area contributed by atoms with E-state index < -0.39 is 97.5 Å². The van der Waals surface area contributed by atoms with Crippen LogP contribution in [-0.4, -0.2) is 96.7 Å². The van der Waals surface area contributed by atoms with Gasteiger partial charge in [-0.1, -0.05) is 278 Å². The highest BCUT2D eigenvalue weighted by Crippen LogP contribution is 2.45. The van der Waals surface area contributed by atoms with E-state index in [9.17, 15) is 43.2 Å². The zero-order chi connectivity index (χ0) is 61.2. The number of phosphoric acid groups is 2. The number of hydrogen-bond acceptors (Lipinski definition) is 15.